The Morgan fingerprint density at radius 2 is 1.47 bits per heavy atom. The van der Waals surface area contributed by atoms with Crippen molar-refractivity contribution in [1.82, 2.24) is 9.80 Å². The second-order valence-electron chi connectivity index (χ2n) is 12.1. The number of carboxylic acid groups (broad SMARTS) is 2. The Morgan fingerprint density at radius 1 is 0.915 bits per heavy atom. The van der Waals surface area contributed by atoms with Crippen molar-refractivity contribution in [3.63, 3.8) is 0 Å². The smallest absolute Gasteiger partial charge is 0.335 e. The van der Waals surface area contributed by atoms with Crippen LogP contribution < -0.4 is 0 Å². The molecule has 47 heavy (non-hydrogen) atoms. The van der Waals surface area contributed by atoms with Gasteiger partial charge in [0.2, 0.25) is 5.91 Å². The largest absolute Gasteiger partial charge is 0.479 e. The number of amides is 1. The third kappa shape index (κ3) is 13.5. The molecule has 2 aliphatic rings. The van der Waals surface area contributed by atoms with Crippen molar-refractivity contribution >= 4 is 29.6 Å². The van der Waals surface area contributed by atoms with Gasteiger partial charge in [-0.1, -0.05) is 38.1 Å². The van der Waals surface area contributed by atoms with Crippen molar-refractivity contribution in [2.45, 2.75) is 81.9 Å². The van der Waals surface area contributed by atoms with Crippen LogP contribution in [0.4, 0.5) is 4.39 Å². The molecule has 2 atom stereocenters. The molecule has 4 N–H and O–H groups in total. The van der Waals surface area contributed by atoms with Crippen LogP contribution in [0, 0.1) is 11.7 Å². The lowest BCUT2D eigenvalue weighted by Crippen LogP contribution is -2.48. The molecule has 1 amide bonds. The number of benzene rings is 2. The van der Waals surface area contributed by atoms with Crippen LogP contribution in [0.15, 0.2) is 53.4 Å². The topological polar surface area (TPSA) is 157 Å². The van der Waals surface area contributed by atoms with E-state index >= 15 is 0 Å². The Morgan fingerprint density at radius 3 is 2.00 bits per heavy atom. The number of rotatable bonds is 14. The first kappa shape index (κ1) is 38.4. The molecule has 0 unspecified atom stereocenters. The summed E-state index contributed by atoms with van der Waals surface area (Å²) in [6, 6.07) is 15.1. The Bertz CT molecular complexity index is 1230. The predicted molar refractivity (Wildman–Crippen MR) is 174 cm³/mol. The highest BCUT2D eigenvalue weighted by molar-refractivity contribution is 7.99. The summed E-state index contributed by atoms with van der Waals surface area (Å²) in [5.74, 6) is -1.93. The number of hydrogen-bond donors (Lipinski definition) is 4. The van der Waals surface area contributed by atoms with Crippen LogP contribution in [0.1, 0.15) is 50.7 Å². The monoisotopic (exact) mass is 678 g/mol. The summed E-state index contributed by atoms with van der Waals surface area (Å²) in [5, 5.41) is 32.5. The highest BCUT2D eigenvalue weighted by Crippen LogP contribution is 2.24. The molecule has 0 bridgehead atoms. The molecule has 260 valence electrons. The van der Waals surface area contributed by atoms with Crippen molar-refractivity contribution in [2.24, 2.45) is 5.92 Å². The SMILES string of the molecule is CC(C)CSc1ccc(CC(=O)N(Cc2ccc(F)cc2)C2CCN(CCC3OCCCO3)CC2)cc1.O=C(O)[C@H](O)[C@@H](O)C(=O)O. The van der Waals surface area contributed by atoms with Gasteiger partial charge in [-0.05, 0) is 60.6 Å². The minimum atomic E-state index is -2.27. The van der Waals surface area contributed by atoms with Crippen molar-refractivity contribution in [2.75, 3.05) is 38.6 Å². The average Bonchev–Trinajstić information content (AvgIpc) is 3.07. The van der Waals surface area contributed by atoms with E-state index in [4.69, 9.17) is 29.9 Å². The van der Waals surface area contributed by atoms with Gasteiger partial charge in [-0.2, -0.15) is 0 Å². The maximum Gasteiger partial charge on any atom is 0.335 e. The van der Waals surface area contributed by atoms with Gasteiger partial charge < -0.3 is 39.7 Å². The van der Waals surface area contributed by atoms with Gasteiger partial charge in [0.1, 0.15) is 5.82 Å². The predicted octanol–water partition coefficient (Wildman–Crippen LogP) is 3.64. The number of halogens is 1. The number of likely N-dealkylation sites (tertiary alicyclic amines) is 1. The van der Waals surface area contributed by atoms with Crippen LogP contribution in [0.5, 0.6) is 0 Å². The highest BCUT2D eigenvalue weighted by Gasteiger charge is 2.30. The quantitative estimate of drug-likeness (QED) is 0.216. The Balaban J connectivity index is 0.000000520. The Labute approximate surface area is 279 Å². The summed E-state index contributed by atoms with van der Waals surface area (Å²) < 4.78 is 24.9. The van der Waals surface area contributed by atoms with E-state index in [1.165, 1.54) is 17.0 Å². The fraction of sp³-hybridized carbons (Fsp3) is 0.559. The average molecular weight is 679 g/mol. The van der Waals surface area contributed by atoms with E-state index in [0.717, 1.165) is 75.4 Å². The van der Waals surface area contributed by atoms with Crippen LogP contribution in [0.25, 0.3) is 0 Å². The molecular weight excluding hydrogens is 631 g/mol. The van der Waals surface area contributed by atoms with E-state index in [1.54, 1.807) is 12.1 Å². The second-order valence-corrected chi connectivity index (χ2v) is 13.2. The molecule has 2 aliphatic heterocycles. The zero-order valence-corrected chi connectivity index (χ0v) is 27.8. The lowest BCUT2D eigenvalue weighted by atomic mass is 10.0. The third-order valence-corrected chi connectivity index (χ3v) is 9.27. The van der Waals surface area contributed by atoms with Crippen molar-refractivity contribution in [3.8, 4) is 0 Å². The van der Waals surface area contributed by atoms with Gasteiger partial charge in [0.05, 0.1) is 19.6 Å². The fourth-order valence-electron chi connectivity index (χ4n) is 5.17. The van der Waals surface area contributed by atoms with Gasteiger partial charge in [-0.3, -0.25) is 4.79 Å². The highest BCUT2D eigenvalue weighted by atomic mass is 32.2. The van der Waals surface area contributed by atoms with E-state index in [1.807, 2.05) is 16.7 Å². The molecule has 0 spiro atoms. The molecule has 2 fully saturated rings. The second kappa shape index (κ2) is 19.7. The summed E-state index contributed by atoms with van der Waals surface area (Å²) in [6.07, 6.45) is -0.510. The standard InChI is InChI=1S/C30H41FN2O3S.C4H6O6/c1-23(2)22-37-28-10-6-24(7-11-28)20-29(34)33(21-25-4-8-26(31)9-5-25)27-12-15-32(16-13-27)17-14-30-35-18-3-19-36-30;5-1(3(7)8)2(6)4(9)10/h4-11,23,27,30H,3,12-22H2,1-2H3;1-2,5-6H,(H,7,8)(H,9,10)/t;1-,2-/m.1/s1. The van der Waals surface area contributed by atoms with Crippen molar-refractivity contribution in [3.05, 3.63) is 65.5 Å². The summed E-state index contributed by atoms with van der Waals surface area (Å²) >= 11 is 1.85. The molecule has 0 aliphatic carbocycles. The number of piperidine rings is 1. The Hall–Kier alpha value is -3.07. The van der Waals surface area contributed by atoms with Gasteiger partial charge in [0.15, 0.2) is 18.5 Å². The number of hydrogen-bond acceptors (Lipinski definition) is 9. The number of aliphatic hydroxyl groups is 2. The zero-order valence-electron chi connectivity index (χ0n) is 27.0. The summed E-state index contributed by atoms with van der Waals surface area (Å²) in [5.41, 5.74) is 2.00. The molecule has 4 rings (SSSR count). The number of aliphatic hydroxyl groups excluding tert-OH is 2. The van der Waals surface area contributed by atoms with Crippen LogP contribution in [-0.4, -0.2) is 111 Å². The van der Waals surface area contributed by atoms with Gasteiger partial charge >= 0.3 is 11.9 Å². The van der Waals surface area contributed by atoms with Crippen LogP contribution in [-0.2, 0) is 36.8 Å². The molecule has 2 aromatic rings. The third-order valence-electron chi connectivity index (χ3n) is 7.83. The molecule has 0 aromatic heterocycles. The molecule has 2 aromatic carbocycles. The van der Waals surface area contributed by atoms with Crippen LogP contribution in [0.3, 0.4) is 0 Å². The van der Waals surface area contributed by atoms with Gasteiger partial charge in [-0.25, -0.2) is 14.0 Å². The minimum absolute atomic E-state index is 0.0850. The number of thioether (sulfide) groups is 1. The molecule has 0 saturated carbocycles. The van der Waals surface area contributed by atoms with E-state index < -0.39 is 24.1 Å². The first-order valence-electron chi connectivity index (χ1n) is 16.0. The lowest BCUT2D eigenvalue weighted by Gasteiger charge is -2.39. The summed E-state index contributed by atoms with van der Waals surface area (Å²) in [6.45, 7) is 9.37. The van der Waals surface area contributed by atoms with Crippen LogP contribution >= 0.6 is 11.8 Å². The number of aliphatic carboxylic acids is 2. The molecule has 2 heterocycles. The summed E-state index contributed by atoms with van der Waals surface area (Å²) in [4.78, 5) is 38.9. The van der Waals surface area contributed by atoms with Crippen molar-refractivity contribution < 1.29 is 48.7 Å². The first-order valence-corrected chi connectivity index (χ1v) is 16.9. The lowest BCUT2D eigenvalue weighted by molar-refractivity contribution is -0.183. The minimum Gasteiger partial charge on any atom is -0.479 e. The molecule has 2 saturated heterocycles. The maximum absolute atomic E-state index is 13.6. The molecule has 11 nitrogen and oxygen atoms in total. The first-order chi connectivity index (χ1) is 22.4. The van der Waals surface area contributed by atoms with Crippen molar-refractivity contribution in [1.29, 1.82) is 0 Å². The van der Waals surface area contributed by atoms with E-state index in [9.17, 15) is 18.8 Å². The van der Waals surface area contributed by atoms with E-state index in [0.29, 0.717) is 18.9 Å². The Kier molecular flexibility index (Phi) is 16.1. The zero-order chi connectivity index (χ0) is 34.3. The number of carbonyl (C=O) groups is 3. The van der Waals surface area contributed by atoms with Gasteiger partial charge in [0, 0.05) is 49.3 Å². The van der Waals surface area contributed by atoms with E-state index in [-0.39, 0.29) is 24.1 Å². The number of ether oxygens (including phenoxy) is 2. The normalized spacial score (nSPS) is 17.4. The molecule has 0 radical (unpaired) electrons. The number of carboxylic acids is 2. The van der Waals surface area contributed by atoms with E-state index in [2.05, 4.69) is 43.0 Å². The number of carbonyl (C=O) groups excluding carboxylic acids is 1. The maximum atomic E-state index is 13.6. The summed E-state index contributed by atoms with van der Waals surface area (Å²) in [7, 11) is 0. The van der Waals surface area contributed by atoms with Gasteiger partial charge in [-0.15, -0.1) is 11.8 Å². The van der Waals surface area contributed by atoms with Crippen LogP contribution in [0.2, 0.25) is 0 Å². The molecular formula is C34H47FN2O9S. The van der Waals surface area contributed by atoms with Gasteiger partial charge in [0.25, 0.3) is 0 Å². The molecule has 13 heteroatoms. The fourth-order valence-corrected chi connectivity index (χ4v) is 6.02. The number of nitrogens with zero attached hydrogens (tertiary/aromatic N) is 2.